The minimum absolute atomic E-state index is 0.569. The van der Waals surface area contributed by atoms with E-state index >= 15 is 0 Å². The average Bonchev–Trinajstić information content (AvgIpc) is 2.94. The summed E-state index contributed by atoms with van der Waals surface area (Å²) in [4.78, 5) is 8.64. The molecule has 1 aliphatic rings. The van der Waals surface area contributed by atoms with Gasteiger partial charge in [-0.05, 0) is 25.0 Å². The topological polar surface area (TPSA) is 30.7 Å². The van der Waals surface area contributed by atoms with Gasteiger partial charge in [-0.25, -0.2) is 9.97 Å². The van der Waals surface area contributed by atoms with Crippen LogP contribution >= 0.6 is 0 Å². The second-order valence-corrected chi connectivity index (χ2v) is 3.46. The van der Waals surface area contributed by atoms with Gasteiger partial charge < -0.3 is 4.57 Å². The second-order valence-electron chi connectivity index (χ2n) is 3.46. The lowest BCUT2D eigenvalue weighted by Crippen LogP contribution is -1.93. The molecule has 0 N–H and O–H groups in total. The normalized spacial score (nSPS) is 16.7. The molecule has 2 heterocycles. The minimum atomic E-state index is 0.569. The lowest BCUT2D eigenvalue weighted by Gasteiger charge is -1.96. The van der Waals surface area contributed by atoms with Crippen LogP contribution in [0.1, 0.15) is 24.6 Å². The van der Waals surface area contributed by atoms with Gasteiger partial charge in [0.25, 0.3) is 0 Å². The van der Waals surface area contributed by atoms with Crippen LogP contribution in [0, 0.1) is 7.05 Å². The minimum Gasteiger partial charge on any atom is -0.305 e. The third-order valence-electron chi connectivity index (χ3n) is 2.42. The van der Waals surface area contributed by atoms with Crippen molar-refractivity contribution in [2.45, 2.75) is 18.8 Å². The van der Waals surface area contributed by atoms with E-state index in [1.165, 1.54) is 12.8 Å². The van der Waals surface area contributed by atoms with Crippen LogP contribution in [0.4, 0.5) is 0 Å². The van der Waals surface area contributed by atoms with Crippen molar-refractivity contribution >= 4 is 11.2 Å². The van der Waals surface area contributed by atoms with Gasteiger partial charge in [0.05, 0.1) is 7.05 Å². The number of hydrogen-bond acceptors (Lipinski definition) is 2. The predicted octanol–water partition coefficient (Wildman–Crippen LogP) is 1.83. The third-order valence-corrected chi connectivity index (χ3v) is 2.42. The van der Waals surface area contributed by atoms with E-state index in [4.69, 9.17) is 7.05 Å². The van der Waals surface area contributed by atoms with Crippen molar-refractivity contribution in [3.63, 3.8) is 0 Å². The number of hydrogen-bond donors (Lipinski definition) is 0. The zero-order chi connectivity index (χ0) is 8.84. The van der Waals surface area contributed by atoms with Crippen LogP contribution in [0.25, 0.3) is 11.2 Å². The first-order valence-electron chi connectivity index (χ1n) is 4.44. The predicted molar refractivity (Wildman–Crippen MR) is 49.2 cm³/mol. The molecule has 0 bridgehead atoms. The largest absolute Gasteiger partial charge is 0.305 e. The summed E-state index contributed by atoms with van der Waals surface area (Å²) in [6.45, 7) is 0. The quantitative estimate of drug-likeness (QED) is 0.655. The van der Waals surface area contributed by atoms with Gasteiger partial charge in [-0.1, -0.05) is 0 Å². The summed E-state index contributed by atoms with van der Waals surface area (Å²) in [5.74, 6) is 1.55. The molecule has 13 heavy (non-hydrogen) atoms. The fourth-order valence-electron chi connectivity index (χ4n) is 1.58. The molecular formula is C10H9N3. The zero-order valence-electron chi connectivity index (χ0n) is 7.14. The Hall–Kier alpha value is -1.38. The number of pyridine rings is 1. The molecule has 1 fully saturated rings. The van der Waals surface area contributed by atoms with Gasteiger partial charge in [0, 0.05) is 12.1 Å². The van der Waals surface area contributed by atoms with Crippen molar-refractivity contribution in [3.8, 4) is 0 Å². The molecule has 0 saturated heterocycles. The number of fused-ring (bicyclic) bond motifs is 1. The SMILES string of the molecule is [CH]n1c(C2CC2)nc2cccnc21. The molecule has 2 aromatic heterocycles. The molecule has 0 amide bonds. The molecule has 3 rings (SSSR count). The standard InChI is InChI=1S/C10H9N3/c1-13-9(7-4-5-7)12-8-3-2-6-11-10(8)13/h1-3,6-7H,4-5H2. The molecule has 2 radical (unpaired) electrons. The number of aromatic nitrogens is 3. The molecule has 1 saturated carbocycles. The molecule has 0 atom stereocenters. The summed E-state index contributed by atoms with van der Waals surface area (Å²) < 4.78 is 1.62. The zero-order valence-corrected chi connectivity index (χ0v) is 7.14. The van der Waals surface area contributed by atoms with Gasteiger partial charge in [-0.15, -0.1) is 0 Å². The highest BCUT2D eigenvalue weighted by Gasteiger charge is 2.28. The van der Waals surface area contributed by atoms with Crippen LogP contribution in [0.5, 0.6) is 0 Å². The van der Waals surface area contributed by atoms with Gasteiger partial charge in [-0.3, -0.25) is 0 Å². The lowest BCUT2D eigenvalue weighted by molar-refractivity contribution is 0.888. The maximum Gasteiger partial charge on any atom is 0.160 e. The lowest BCUT2D eigenvalue weighted by atomic mass is 10.4. The highest BCUT2D eigenvalue weighted by molar-refractivity contribution is 5.71. The van der Waals surface area contributed by atoms with Crippen LogP contribution in [0.15, 0.2) is 18.3 Å². The maximum atomic E-state index is 5.87. The van der Waals surface area contributed by atoms with E-state index in [0.29, 0.717) is 5.92 Å². The van der Waals surface area contributed by atoms with Crippen molar-refractivity contribution in [1.29, 1.82) is 0 Å². The summed E-state index contributed by atoms with van der Waals surface area (Å²) >= 11 is 0. The number of nitrogens with zero attached hydrogens (tertiary/aromatic N) is 3. The van der Waals surface area contributed by atoms with Crippen LogP contribution in [-0.4, -0.2) is 14.5 Å². The summed E-state index contributed by atoms with van der Waals surface area (Å²) in [6.07, 6.45) is 4.16. The van der Waals surface area contributed by atoms with E-state index in [-0.39, 0.29) is 0 Å². The molecule has 2 aromatic rings. The van der Waals surface area contributed by atoms with Gasteiger partial charge in [-0.2, -0.15) is 0 Å². The maximum absolute atomic E-state index is 5.87. The Morgan fingerprint density at radius 1 is 1.46 bits per heavy atom. The second kappa shape index (κ2) is 2.31. The van der Waals surface area contributed by atoms with E-state index in [1.807, 2.05) is 12.1 Å². The smallest absolute Gasteiger partial charge is 0.160 e. The molecule has 3 heteroatoms. The van der Waals surface area contributed by atoms with Crippen LogP contribution in [0.3, 0.4) is 0 Å². The van der Waals surface area contributed by atoms with Crippen molar-refractivity contribution in [3.05, 3.63) is 31.2 Å². The summed E-state index contributed by atoms with van der Waals surface area (Å²) in [7, 11) is 5.87. The fraction of sp³-hybridized carbons (Fsp3) is 0.300. The Morgan fingerprint density at radius 2 is 2.31 bits per heavy atom. The Bertz CT molecular complexity index is 454. The van der Waals surface area contributed by atoms with Crippen molar-refractivity contribution < 1.29 is 0 Å². The van der Waals surface area contributed by atoms with Crippen molar-refractivity contribution in [2.75, 3.05) is 0 Å². The number of imidazole rings is 1. The van der Waals surface area contributed by atoms with Gasteiger partial charge in [0.1, 0.15) is 11.3 Å². The fourth-order valence-corrected chi connectivity index (χ4v) is 1.58. The molecule has 3 nitrogen and oxygen atoms in total. The molecule has 0 aromatic carbocycles. The summed E-state index contributed by atoms with van der Waals surface area (Å²) in [5, 5.41) is 0. The van der Waals surface area contributed by atoms with Crippen molar-refractivity contribution in [2.24, 2.45) is 0 Å². The monoisotopic (exact) mass is 171 g/mol. The first-order valence-corrected chi connectivity index (χ1v) is 4.44. The highest BCUT2D eigenvalue weighted by atomic mass is 15.1. The Balaban J connectivity index is 2.30. The molecule has 1 aliphatic carbocycles. The first-order chi connectivity index (χ1) is 6.36. The van der Waals surface area contributed by atoms with E-state index in [1.54, 1.807) is 10.8 Å². The summed E-state index contributed by atoms with van der Waals surface area (Å²) in [6, 6.07) is 3.82. The molecular weight excluding hydrogens is 162 g/mol. The Kier molecular flexibility index (Phi) is 1.26. The van der Waals surface area contributed by atoms with Crippen molar-refractivity contribution in [1.82, 2.24) is 14.5 Å². The van der Waals surface area contributed by atoms with E-state index in [2.05, 4.69) is 9.97 Å². The van der Waals surface area contributed by atoms with E-state index < -0.39 is 0 Å². The first kappa shape index (κ1) is 7.06. The molecule has 0 spiro atoms. The molecule has 64 valence electrons. The number of rotatable bonds is 1. The van der Waals surface area contributed by atoms with Crippen LogP contribution in [0.2, 0.25) is 0 Å². The van der Waals surface area contributed by atoms with Gasteiger partial charge in [0.15, 0.2) is 5.65 Å². The highest BCUT2D eigenvalue weighted by Crippen LogP contribution is 2.39. The van der Waals surface area contributed by atoms with E-state index in [0.717, 1.165) is 17.0 Å². The van der Waals surface area contributed by atoms with E-state index in [9.17, 15) is 0 Å². The summed E-state index contributed by atoms with van der Waals surface area (Å²) in [5.41, 5.74) is 1.68. The Morgan fingerprint density at radius 3 is 3.00 bits per heavy atom. The van der Waals surface area contributed by atoms with Gasteiger partial charge in [0.2, 0.25) is 0 Å². The average molecular weight is 171 g/mol. The van der Waals surface area contributed by atoms with Gasteiger partial charge >= 0.3 is 0 Å². The molecule has 0 aliphatic heterocycles. The molecule has 0 unspecified atom stereocenters. The van der Waals surface area contributed by atoms with Crippen LogP contribution in [-0.2, 0) is 0 Å². The Labute approximate surface area is 76.4 Å². The third kappa shape index (κ3) is 0.963. The van der Waals surface area contributed by atoms with Crippen LogP contribution < -0.4 is 0 Å².